The highest BCUT2D eigenvalue weighted by Crippen LogP contribution is 2.07. The van der Waals surface area contributed by atoms with Gasteiger partial charge in [0.05, 0.1) is 18.9 Å². The highest BCUT2D eigenvalue weighted by atomic mass is 16.4. The van der Waals surface area contributed by atoms with Crippen molar-refractivity contribution in [3.05, 3.63) is 0 Å². The Morgan fingerprint density at radius 3 is 1.50 bits per heavy atom. The molecule has 13 nitrogen and oxygen atoms in total. The SMILES string of the molecule is CCC(C)C(N)C(=O)NC(CC(=O)O)C(=O)NC(CC(=O)O)C(=O)NC(C(=O)O)C(C)C. The van der Waals surface area contributed by atoms with E-state index in [1.165, 1.54) is 13.8 Å². The molecule has 3 amide bonds. The second-order valence-electron chi connectivity index (χ2n) is 7.80. The van der Waals surface area contributed by atoms with Gasteiger partial charge in [-0.3, -0.25) is 24.0 Å². The van der Waals surface area contributed by atoms with Crippen molar-refractivity contribution in [3.63, 3.8) is 0 Å². The molecular weight excluding hydrogens is 428 g/mol. The molecule has 0 rings (SSSR count). The minimum atomic E-state index is -1.71. The lowest BCUT2D eigenvalue weighted by atomic mass is 9.99. The van der Waals surface area contributed by atoms with Gasteiger partial charge in [-0.2, -0.15) is 0 Å². The van der Waals surface area contributed by atoms with E-state index in [9.17, 15) is 33.9 Å². The first-order valence-electron chi connectivity index (χ1n) is 10.0. The average Bonchev–Trinajstić information content (AvgIpc) is 2.68. The molecule has 0 aromatic heterocycles. The van der Waals surface area contributed by atoms with Gasteiger partial charge >= 0.3 is 17.9 Å². The van der Waals surface area contributed by atoms with Crippen LogP contribution < -0.4 is 21.7 Å². The molecule has 0 heterocycles. The molecule has 0 aromatic carbocycles. The van der Waals surface area contributed by atoms with Crippen molar-refractivity contribution in [2.75, 3.05) is 0 Å². The lowest BCUT2D eigenvalue weighted by Crippen LogP contribution is -2.58. The van der Waals surface area contributed by atoms with E-state index in [1.54, 1.807) is 13.8 Å². The largest absolute Gasteiger partial charge is 0.481 e. The van der Waals surface area contributed by atoms with Gasteiger partial charge in [-0.25, -0.2) is 4.79 Å². The third-order valence-electron chi connectivity index (χ3n) is 4.81. The number of nitrogens with two attached hydrogens (primary N) is 1. The van der Waals surface area contributed by atoms with Gasteiger partial charge in [0.1, 0.15) is 18.1 Å². The van der Waals surface area contributed by atoms with Gasteiger partial charge < -0.3 is 37.0 Å². The number of carbonyl (C=O) groups excluding carboxylic acids is 3. The van der Waals surface area contributed by atoms with E-state index in [0.29, 0.717) is 6.42 Å². The first-order chi connectivity index (χ1) is 14.7. The highest BCUT2D eigenvalue weighted by molar-refractivity contribution is 5.96. The van der Waals surface area contributed by atoms with Crippen LogP contribution in [0.5, 0.6) is 0 Å². The molecule has 13 heteroatoms. The number of carboxylic acids is 3. The van der Waals surface area contributed by atoms with Gasteiger partial charge in [-0.05, 0) is 11.8 Å². The predicted molar refractivity (Wildman–Crippen MR) is 110 cm³/mol. The summed E-state index contributed by atoms with van der Waals surface area (Å²) in [6, 6.07) is -5.72. The number of carboxylic acid groups (broad SMARTS) is 3. The van der Waals surface area contributed by atoms with Crippen molar-refractivity contribution in [3.8, 4) is 0 Å². The summed E-state index contributed by atoms with van der Waals surface area (Å²) < 4.78 is 0. The third kappa shape index (κ3) is 9.73. The molecule has 0 radical (unpaired) electrons. The normalized spacial score (nSPS) is 15.6. The van der Waals surface area contributed by atoms with Crippen LogP contribution in [0.25, 0.3) is 0 Å². The second-order valence-corrected chi connectivity index (χ2v) is 7.80. The van der Waals surface area contributed by atoms with Crippen LogP contribution in [0, 0.1) is 11.8 Å². The number of aliphatic carboxylic acids is 3. The summed E-state index contributed by atoms with van der Waals surface area (Å²) in [5.41, 5.74) is 5.79. The minimum absolute atomic E-state index is 0.266. The number of carbonyl (C=O) groups is 6. The van der Waals surface area contributed by atoms with E-state index in [2.05, 4.69) is 16.0 Å². The van der Waals surface area contributed by atoms with Gasteiger partial charge in [0, 0.05) is 0 Å². The molecule has 32 heavy (non-hydrogen) atoms. The summed E-state index contributed by atoms with van der Waals surface area (Å²) in [5.74, 6) is -8.08. The fraction of sp³-hybridized carbons (Fsp3) is 0.684. The van der Waals surface area contributed by atoms with Crippen molar-refractivity contribution < 1.29 is 44.1 Å². The zero-order chi connectivity index (χ0) is 25.2. The Hall–Kier alpha value is -3.22. The molecule has 0 saturated heterocycles. The van der Waals surface area contributed by atoms with Crippen LogP contribution in [0.2, 0.25) is 0 Å². The monoisotopic (exact) mass is 460 g/mol. The van der Waals surface area contributed by atoms with Crippen molar-refractivity contribution in [1.82, 2.24) is 16.0 Å². The lowest BCUT2D eigenvalue weighted by molar-refractivity contribution is -0.145. The highest BCUT2D eigenvalue weighted by Gasteiger charge is 2.33. The molecule has 0 spiro atoms. The van der Waals surface area contributed by atoms with Crippen LogP contribution in [0.1, 0.15) is 47.0 Å². The van der Waals surface area contributed by atoms with E-state index < -0.39 is 78.6 Å². The Morgan fingerprint density at radius 1 is 0.750 bits per heavy atom. The van der Waals surface area contributed by atoms with Gasteiger partial charge in [0.2, 0.25) is 17.7 Å². The first-order valence-corrected chi connectivity index (χ1v) is 10.0. The molecule has 0 aromatic rings. The fourth-order valence-electron chi connectivity index (χ4n) is 2.59. The molecular formula is C19H32N4O9. The van der Waals surface area contributed by atoms with Gasteiger partial charge in [0.25, 0.3) is 0 Å². The molecule has 0 fully saturated rings. The van der Waals surface area contributed by atoms with Crippen molar-refractivity contribution >= 4 is 35.6 Å². The number of hydrogen-bond donors (Lipinski definition) is 7. The summed E-state index contributed by atoms with van der Waals surface area (Å²) in [6.07, 6.45) is -1.20. The van der Waals surface area contributed by atoms with Crippen molar-refractivity contribution in [2.45, 2.75) is 71.1 Å². The van der Waals surface area contributed by atoms with Crippen LogP contribution >= 0.6 is 0 Å². The topological polar surface area (TPSA) is 225 Å². The molecule has 0 saturated carbocycles. The Morgan fingerprint density at radius 2 is 1.16 bits per heavy atom. The maximum Gasteiger partial charge on any atom is 0.326 e. The Bertz CT molecular complexity index is 726. The number of hydrogen-bond acceptors (Lipinski definition) is 7. The zero-order valence-electron chi connectivity index (χ0n) is 18.5. The van der Waals surface area contributed by atoms with Gasteiger partial charge in [-0.15, -0.1) is 0 Å². The summed E-state index contributed by atoms with van der Waals surface area (Å²) in [4.78, 5) is 70.9. The maximum absolute atomic E-state index is 12.6. The summed E-state index contributed by atoms with van der Waals surface area (Å²) >= 11 is 0. The molecule has 0 aliphatic rings. The number of rotatable bonds is 14. The summed E-state index contributed by atoms with van der Waals surface area (Å²) in [7, 11) is 0. The minimum Gasteiger partial charge on any atom is -0.481 e. The average molecular weight is 460 g/mol. The van der Waals surface area contributed by atoms with E-state index >= 15 is 0 Å². The quantitative estimate of drug-likeness (QED) is 0.159. The Kier molecular flexibility index (Phi) is 11.9. The van der Waals surface area contributed by atoms with E-state index in [-0.39, 0.29) is 5.92 Å². The Balaban J connectivity index is 5.58. The molecule has 5 atom stereocenters. The second kappa shape index (κ2) is 13.2. The fourth-order valence-corrected chi connectivity index (χ4v) is 2.59. The molecule has 0 bridgehead atoms. The van der Waals surface area contributed by atoms with E-state index in [1.807, 2.05) is 0 Å². The maximum atomic E-state index is 12.6. The molecule has 0 aliphatic carbocycles. The standard InChI is InChI=1S/C19H32N4O9/c1-5-9(4)14(20)18(30)22-10(6-12(24)25)16(28)21-11(7-13(26)27)17(29)23-15(8(2)3)19(31)32/h8-11,14-15H,5-7,20H2,1-4H3,(H,21,28)(H,22,30)(H,23,29)(H,24,25)(H,26,27)(H,31,32). The van der Waals surface area contributed by atoms with Crippen LogP contribution in [-0.2, 0) is 28.8 Å². The van der Waals surface area contributed by atoms with Crippen LogP contribution in [0.3, 0.4) is 0 Å². The van der Waals surface area contributed by atoms with Gasteiger partial charge in [0.15, 0.2) is 0 Å². The predicted octanol–water partition coefficient (Wildman–Crippen LogP) is -1.50. The Labute approximate surface area is 185 Å². The van der Waals surface area contributed by atoms with E-state index in [0.717, 1.165) is 0 Å². The van der Waals surface area contributed by atoms with Crippen molar-refractivity contribution in [1.29, 1.82) is 0 Å². The smallest absolute Gasteiger partial charge is 0.326 e. The number of amides is 3. The van der Waals surface area contributed by atoms with Gasteiger partial charge in [-0.1, -0.05) is 34.1 Å². The molecule has 0 aliphatic heterocycles. The lowest BCUT2D eigenvalue weighted by Gasteiger charge is -2.25. The van der Waals surface area contributed by atoms with Crippen LogP contribution in [0.4, 0.5) is 0 Å². The molecule has 5 unspecified atom stereocenters. The van der Waals surface area contributed by atoms with Crippen LogP contribution in [0.15, 0.2) is 0 Å². The first kappa shape index (κ1) is 28.8. The zero-order valence-corrected chi connectivity index (χ0v) is 18.5. The number of nitrogens with one attached hydrogen (secondary N) is 3. The van der Waals surface area contributed by atoms with Crippen molar-refractivity contribution in [2.24, 2.45) is 17.6 Å². The van der Waals surface area contributed by atoms with Crippen LogP contribution in [-0.4, -0.2) is 75.1 Å². The molecule has 8 N–H and O–H groups in total. The summed E-state index contributed by atoms with van der Waals surface area (Å²) in [6.45, 7) is 6.51. The van der Waals surface area contributed by atoms with E-state index in [4.69, 9.17) is 15.9 Å². The molecule has 182 valence electrons. The summed E-state index contributed by atoms with van der Waals surface area (Å²) in [5, 5.41) is 33.8. The third-order valence-corrected chi connectivity index (χ3v) is 4.81.